The number of piperazine rings is 1. The van der Waals surface area contributed by atoms with Crippen LogP contribution in [0.1, 0.15) is 41.0 Å². The van der Waals surface area contributed by atoms with Crippen molar-refractivity contribution in [3.05, 3.63) is 42.6 Å². The maximum Gasteiger partial charge on any atom is 0.410 e. The summed E-state index contributed by atoms with van der Waals surface area (Å²) in [4.78, 5) is 40.1. The van der Waals surface area contributed by atoms with Crippen LogP contribution in [0.25, 0.3) is 16.7 Å². The van der Waals surface area contributed by atoms with Crippen molar-refractivity contribution < 1.29 is 18.7 Å². The van der Waals surface area contributed by atoms with Crippen molar-refractivity contribution in [1.29, 1.82) is 0 Å². The first-order valence-corrected chi connectivity index (χ1v) is 12.2. The van der Waals surface area contributed by atoms with Crippen LogP contribution in [0.4, 0.5) is 20.7 Å². The number of carbonyl (C=O) groups excluding carboxylic acids is 2. The number of aromatic nitrogens is 3. The number of ether oxygens (including phenoxy) is 1. The van der Waals surface area contributed by atoms with Gasteiger partial charge in [0.05, 0.1) is 11.1 Å². The molecular formula is C26H31FN6O3. The number of carbonyl (C=O) groups is 2. The van der Waals surface area contributed by atoms with Gasteiger partial charge in [-0.2, -0.15) is 0 Å². The lowest BCUT2D eigenvalue weighted by Crippen LogP contribution is -2.59. The lowest BCUT2D eigenvalue weighted by atomic mass is 10.1. The molecule has 2 aliphatic heterocycles. The Kier molecular flexibility index (Phi) is 5.84. The maximum atomic E-state index is 14.1. The average Bonchev–Trinajstić information content (AvgIpc) is 3.17. The van der Waals surface area contributed by atoms with Crippen LogP contribution in [0.2, 0.25) is 0 Å². The Hall–Kier alpha value is -3.69. The van der Waals surface area contributed by atoms with Gasteiger partial charge < -0.3 is 19.4 Å². The van der Waals surface area contributed by atoms with E-state index in [1.165, 1.54) is 18.5 Å². The summed E-state index contributed by atoms with van der Waals surface area (Å²) >= 11 is 0. The van der Waals surface area contributed by atoms with Crippen LogP contribution in [0.5, 0.6) is 0 Å². The summed E-state index contributed by atoms with van der Waals surface area (Å²) in [6, 6.07) is 6.09. The van der Waals surface area contributed by atoms with E-state index in [0.29, 0.717) is 48.9 Å². The number of hydrogen-bond acceptors (Lipinski definition) is 6. The number of rotatable bonds is 3. The van der Waals surface area contributed by atoms with Gasteiger partial charge in [0, 0.05) is 50.0 Å². The van der Waals surface area contributed by atoms with Gasteiger partial charge >= 0.3 is 6.09 Å². The normalized spacial score (nSPS) is 20.6. The molecule has 9 nitrogen and oxygen atoms in total. The molecule has 0 saturated carbocycles. The van der Waals surface area contributed by atoms with E-state index in [1.807, 2.05) is 40.8 Å². The first-order chi connectivity index (χ1) is 17.0. The molecule has 0 radical (unpaired) electrons. The van der Waals surface area contributed by atoms with Crippen molar-refractivity contribution in [1.82, 2.24) is 19.4 Å². The highest BCUT2D eigenvalue weighted by Gasteiger charge is 2.37. The molecule has 0 spiro atoms. The zero-order valence-corrected chi connectivity index (χ0v) is 21.2. The Morgan fingerprint density at radius 2 is 1.92 bits per heavy atom. The largest absolute Gasteiger partial charge is 0.444 e. The molecular weight excluding hydrogens is 463 g/mol. The summed E-state index contributed by atoms with van der Waals surface area (Å²) in [5.74, 6) is 0.359. The number of nitrogens with zero attached hydrogens (tertiary/aromatic N) is 6. The van der Waals surface area contributed by atoms with Crippen molar-refractivity contribution in [3.8, 4) is 5.69 Å². The molecule has 2 amide bonds. The minimum absolute atomic E-state index is 0.0271. The molecule has 36 heavy (non-hydrogen) atoms. The monoisotopic (exact) mass is 494 g/mol. The SMILES string of the molecule is C[C@@H]1CN(c2ncnc3c2c(N2CCC2=O)cn3-c2cccc(F)c2)[C@@H](C)CN1C(=O)OC(C)(C)C. The smallest absolute Gasteiger partial charge is 0.410 e. The van der Waals surface area contributed by atoms with Gasteiger partial charge in [0.25, 0.3) is 0 Å². The van der Waals surface area contributed by atoms with Gasteiger partial charge in [-0.3, -0.25) is 9.36 Å². The number of β-lactam (4-membered cyclic amide) rings is 1. The fourth-order valence-electron chi connectivity index (χ4n) is 4.84. The number of anilines is 2. The summed E-state index contributed by atoms with van der Waals surface area (Å²) in [6.45, 7) is 11.2. The third kappa shape index (κ3) is 4.25. The van der Waals surface area contributed by atoms with Crippen LogP contribution in [0, 0.1) is 5.82 Å². The number of amides is 2. The van der Waals surface area contributed by atoms with Crippen LogP contribution < -0.4 is 9.80 Å². The molecule has 1 aromatic carbocycles. The predicted octanol–water partition coefficient (Wildman–Crippen LogP) is 4.13. The third-order valence-corrected chi connectivity index (χ3v) is 6.66. The highest BCUT2D eigenvalue weighted by Crippen LogP contribution is 2.39. The van der Waals surface area contributed by atoms with Crippen molar-refractivity contribution >= 4 is 34.5 Å². The maximum absolute atomic E-state index is 14.1. The average molecular weight is 495 g/mol. The Balaban J connectivity index is 1.57. The molecule has 2 atom stereocenters. The molecule has 4 heterocycles. The van der Waals surface area contributed by atoms with Crippen LogP contribution in [-0.2, 0) is 9.53 Å². The summed E-state index contributed by atoms with van der Waals surface area (Å²) in [5.41, 5.74) is 1.33. The van der Waals surface area contributed by atoms with Gasteiger partial charge in [0.15, 0.2) is 5.65 Å². The van der Waals surface area contributed by atoms with E-state index in [0.717, 1.165) is 5.39 Å². The standard InChI is InChI=1S/C26H31FN6O3/c1-16-13-32(25(35)36-26(3,4)5)17(2)12-31(16)23-22-20(30-10-9-21(30)34)14-33(24(22)29-15-28-23)19-8-6-7-18(27)11-19/h6-8,11,14-17H,9-10,12-13H2,1-5H3/t16-,17+/m0/s1. The van der Waals surface area contributed by atoms with Gasteiger partial charge in [-0.15, -0.1) is 0 Å². The summed E-state index contributed by atoms with van der Waals surface area (Å²) < 4.78 is 21.5. The lowest BCUT2D eigenvalue weighted by molar-refractivity contribution is -0.122. The van der Waals surface area contributed by atoms with Gasteiger partial charge in [-0.1, -0.05) is 6.07 Å². The van der Waals surface area contributed by atoms with Crippen molar-refractivity contribution in [2.24, 2.45) is 0 Å². The van der Waals surface area contributed by atoms with Crippen molar-refractivity contribution in [2.45, 2.75) is 58.7 Å². The van der Waals surface area contributed by atoms with Gasteiger partial charge in [-0.25, -0.2) is 19.2 Å². The van der Waals surface area contributed by atoms with Crippen molar-refractivity contribution in [2.75, 3.05) is 29.4 Å². The van der Waals surface area contributed by atoms with Crippen LogP contribution in [0.3, 0.4) is 0 Å². The number of halogens is 1. The second kappa shape index (κ2) is 8.76. The van der Waals surface area contributed by atoms with E-state index in [4.69, 9.17) is 4.74 Å². The van der Waals surface area contributed by atoms with Crippen LogP contribution >= 0.6 is 0 Å². The molecule has 2 aromatic heterocycles. The zero-order valence-electron chi connectivity index (χ0n) is 21.2. The second-order valence-electron chi connectivity index (χ2n) is 10.5. The number of fused-ring (bicyclic) bond motifs is 1. The van der Waals surface area contributed by atoms with Crippen molar-refractivity contribution in [3.63, 3.8) is 0 Å². The Bertz CT molecular complexity index is 1330. The molecule has 5 rings (SSSR count). The third-order valence-electron chi connectivity index (χ3n) is 6.66. The fraction of sp³-hybridized carbons (Fsp3) is 0.462. The molecule has 3 aromatic rings. The first-order valence-electron chi connectivity index (χ1n) is 12.2. The van der Waals surface area contributed by atoms with E-state index in [2.05, 4.69) is 14.9 Å². The highest BCUT2D eigenvalue weighted by atomic mass is 19.1. The van der Waals surface area contributed by atoms with E-state index in [9.17, 15) is 14.0 Å². The summed E-state index contributed by atoms with van der Waals surface area (Å²) in [5, 5.41) is 0.736. The Morgan fingerprint density at radius 3 is 2.56 bits per heavy atom. The first kappa shape index (κ1) is 24.0. The molecule has 2 saturated heterocycles. The zero-order chi connectivity index (χ0) is 25.8. The fourth-order valence-corrected chi connectivity index (χ4v) is 4.84. The van der Waals surface area contributed by atoms with E-state index in [1.54, 1.807) is 26.5 Å². The molecule has 0 N–H and O–H groups in total. The molecule has 0 unspecified atom stereocenters. The quantitative estimate of drug-likeness (QED) is 0.509. The minimum atomic E-state index is -0.575. The minimum Gasteiger partial charge on any atom is -0.444 e. The van der Waals surface area contributed by atoms with Gasteiger partial charge in [0.1, 0.15) is 23.6 Å². The predicted molar refractivity (Wildman–Crippen MR) is 135 cm³/mol. The van der Waals surface area contributed by atoms with E-state index in [-0.39, 0.29) is 29.9 Å². The lowest BCUT2D eigenvalue weighted by Gasteiger charge is -2.45. The Morgan fingerprint density at radius 1 is 1.14 bits per heavy atom. The molecule has 190 valence electrons. The molecule has 10 heteroatoms. The number of benzene rings is 1. The summed E-state index contributed by atoms with van der Waals surface area (Å²) in [6.07, 6.45) is 3.47. The second-order valence-corrected chi connectivity index (χ2v) is 10.5. The van der Waals surface area contributed by atoms with Crippen LogP contribution in [-0.4, -0.2) is 68.8 Å². The topological polar surface area (TPSA) is 83.8 Å². The van der Waals surface area contributed by atoms with Gasteiger partial charge in [0.2, 0.25) is 5.91 Å². The Labute approximate surface area is 209 Å². The highest BCUT2D eigenvalue weighted by molar-refractivity contribution is 6.10. The van der Waals surface area contributed by atoms with E-state index < -0.39 is 5.60 Å². The van der Waals surface area contributed by atoms with E-state index >= 15 is 0 Å². The summed E-state index contributed by atoms with van der Waals surface area (Å²) in [7, 11) is 0. The molecule has 2 fully saturated rings. The molecule has 2 aliphatic rings. The van der Waals surface area contributed by atoms with Gasteiger partial charge in [-0.05, 0) is 52.8 Å². The molecule has 0 aliphatic carbocycles. The molecule has 0 bridgehead atoms. The van der Waals surface area contributed by atoms with Crippen LogP contribution in [0.15, 0.2) is 36.8 Å². The number of hydrogen-bond donors (Lipinski definition) is 0.